The van der Waals surface area contributed by atoms with Crippen LogP contribution in [0, 0.1) is 5.82 Å². The topological polar surface area (TPSA) is 49.4 Å². The van der Waals surface area contributed by atoms with Crippen molar-refractivity contribution < 1.29 is 14.0 Å². The van der Waals surface area contributed by atoms with E-state index in [4.69, 9.17) is 0 Å². The lowest BCUT2D eigenvalue weighted by atomic mass is 10.3. The number of amides is 3. The molecule has 1 saturated heterocycles. The molecule has 0 bridgehead atoms. The second kappa shape index (κ2) is 5.18. The number of halogens is 1. The van der Waals surface area contributed by atoms with Gasteiger partial charge in [-0.2, -0.15) is 0 Å². The molecular weight excluding hydrogens is 243 g/mol. The van der Waals surface area contributed by atoms with Crippen LogP contribution in [-0.4, -0.2) is 35.7 Å². The van der Waals surface area contributed by atoms with Crippen molar-refractivity contribution in [3.8, 4) is 0 Å². The summed E-state index contributed by atoms with van der Waals surface area (Å²) in [6, 6.07) is 6.06. The van der Waals surface area contributed by atoms with Gasteiger partial charge in [0.05, 0.1) is 6.54 Å². The smallest absolute Gasteiger partial charge is 0.324 e. The van der Waals surface area contributed by atoms with Gasteiger partial charge in [-0.15, -0.1) is 11.8 Å². The van der Waals surface area contributed by atoms with Crippen molar-refractivity contribution in [3.63, 3.8) is 0 Å². The molecule has 0 atom stereocenters. The zero-order valence-electron chi connectivity index (χ0n) is 8.98. The number of nitrogens with one attached hydrogen (secondary N) is 1. The molecular formula is C11H11FN2O2S. The summed E-state index contributed by atoms with van der Waals surface area (Å²) >= 11 is 1.29. The molecule has 1 aliphatic heterocycles. The minimum atomic E-state index is -0.371. The lowest BCUT2D eigenvalue weighted by Gasteiger charge is -2.11. The fourth-order valence-electron chi connectivity index (χ4n) is 1.49. The molecule has 0 unspecified atom stereocenters. The third kappa shape index (κ3) is 2.76. The van der Waals surface area contributed by atoms with Crippen LogP contribution in [0.3, 0.4) is 0 Å². The average molecular weight is 254 g/mol. The molecule has 0 aliphatic carbocycles. The first-order valence-corrected chi connectivity index (χ1v) is 6.12. The Bertz CT molecular complexity index is 437. The quantitative estimate of drug-likeness (QED) is 0.654. The molecule has 0 radical (unpaired) electrons. The van der Waals surface area contributed by atoms with Crippen LogP contribution in [-0.2, 0) is 4.79 Å². The van der Waals surface area contributed by atoms with Crippen LogP contribution in [0.1, 0.15) is 0 Å². The summed E-state index contributed by atoms with van der Waals surface area (Å²) in [5.41, 5.74) is 0. The highest BCUT2D eigenvalue weighted by Crippen LogP contribution is 2.21. The van der Waals surface area contributed by atoms with Gasteiger partial charge in [0.15, 0.2) is 0 Å². The van der Waals surface area contributed by atoms with E-state index in [0.29, 0.717) is 17.2 Å². The first-order valence-electron chi connectivity index (χ1n) is 5.14. The SMILES string of the molecule is O=C1CNC(=O)N1CCSc1ccccc1F. The van der Waals surface area contributed by atoms with E-state index >= 15 is 0 Å². The first-order chi connectivity index (χ1) is 8.18. The molecule has 0 aromatic heterocycles. The maximum Gasteiger partial charge on any atom is 0.324 e. The van der Waals surface area contributed by atoms with Gasteiger partial charge < -0.3 is 5.32 Å². The molecule has 0 saturated carbocycles. The second-order valence-corrected chi connectivity index (χ2v) is 4.62. The van der Waals surface area contributed by atoms with Gasteiger partial charge in [-0.3, -0.25) is 9.69 Å². The van der Waals surface area contributed by atoms with E-state index in [1.165, 1.54) is 17.8 Å². The fraction of sp³-hybridized carbons (Fsp3) is 0.273. The average Bonchev–Trinajstić information content (AvgIpc) is 2.63. The summed E-state index contributed by atoms with van der Waals surface area (Å²) < 4.78 is 13.3. The number of carbonyl (C=O) groups is 2. The third-order valence-corrected chi connectivity index (χ3v) is 3.37. The molecule has 1 aromatic rings. The van der Waals surface area contributed by atoms with Crippen molar-refractivity contribution in [1.29, 1.82) is 0 Å². The molecule has 1 N–H and O–H groups in total. The number of urea groups is 1. The molecule has 1 aromatic carbocycles. The number of carbonyl (C=O) groups excluding carboxylic acids is 2. The Morgan fingerprint density at radius 2 is 2.12 bits per heavy atom. The van der Waals surface area contributed by atoms with Gasteiger partial charge in [0.2, 0.25) is 5.91 Å². The highest BCUT2D eigenvalue weighted by molar-refractivity contribution is 7.99. The Kier molecular flexibility index (Phi) is 3.63. The number of rotatable bonds is 4. The van der Waals surface area contributed by atoms with Gasteiger partial charge in [-0.05, 0) is 12.1 Å². The van der Waals surface area contributed by atoms with E-state index in [2.05, 4.69) is 5.32 Å². The van der Waals surface area contributed by atoms with Crippen molar-refractivity contribution >= 4 is 23.7 Å². The van der Waals surface area contributed by atoms with E-state index in [9.17, 15) is 14.0 Å². The lowest BCUT2D eigenvalue weighted by molar-refractivity contribution is -0.124. The fourth-order valence-corrected chi connectivity index (χ4v) is 2.36. The molecule has 17 heavy (non-hydrogen) atoms. The van der Waals surface area contributed by atoms with Crippen LogP contribution >= 0.6 is 11.8 Å². The number of benzene rings is 1. The zero-order valence-corrected chi connectivity index (χ0v) is 9.80. The number of hydrogen-bond donors (Lipinski definition) is 1. The highest BCUT2D eigenvalue weighted by Gasteiger charge is 2.27. The van der Waals surface area contributed by atoms with E-state index in [1.807, 2.05) is 0 Å². The van der Waals surface area contributed by atoms with Gasteiger partial charge in [0.1, 0.15) is 5.82 Å². The summed E-state index contributed by atoms with van der Waals surface area (Å²) in [5, 5.41) is 2.43. The lowest BCUT2D eigenvalue weighted by Crippen LogP contribution is -2.32. The Labute approximate surface area is 102 Å². The van der Waals surface area contributed by atoms with Crippen molar-refractivity contribution in [3.05, 3.63) is 30.1 Å². The summed E-state index contributed by atoms with van der Waals surface area (Å²) in [6.07, 6.45) is 0. The number of thioether (sulfide) groups is 1. The molecule has 1 aliphatic rings. The van der Waals surface area contributed by atoms with E-state index in [-0.39, 0.29) is 24.3 Å². The van der Waals surface area contributed by atoms with Crippen LogP contribution < -0.4 is 5.32 Å². The zero-order chi connectivity index (χ0) is 12.3. The normalized spacial score (nSPS) is 15.2. The van der Waals surface area contributed by atoms with Gasteiger partial charge in [0.25, 0.3) is 0 Å². The summed E-state index contributed by atoms with van der Waals surface area (Å²) in [5.74, 6) is -0.0288. The number of imide groups is 1. The van der Waals surface area contributed by atoms with Crippen LogP contribution in [0.5, 0.6) is 0 Å². The first kappa shape index (κ1) is 11.9. The van der Waals surface area contributed by atoms with Gasteiger partial charge in [-0.1, -0.05) is 12.1 Å². The monoisotopic (exact) mass is 254 g/mol. The molecule has 6 heteroatoms. The molecule has 1 heterocycles. The Morgan fingerprint density at radius 1 is 1.35 bits per heavy atom. The minimum absolute atomic E-state index is 0.0587. The van der Waals surface area contributed by atoms with Crippen LogP contribution in [0.15, 0.2) is 29.2 Å². The maximum atomic E-state index is 13.3. The Balaban J connectivity index is 1.86. The summed E-state index contributed by atoms with van der Waals surface area (Å²) in [7, 11) is 0. The largest absolute Gasteiger partial charge is 0.329 e. The predicted octanol–water partition coefficient (Wildman–Crippen LogP) is 1.47. The number of hydrogen-bond acceptors (Lipinski definition) is 3. The third-order valence-electron chi connectivity index (χ3n) is 2.35. The predicted molar refractivity (Wildman–Crippen MR) is 62.2 cm³/mol. The van der Waals surface area contributed by atoms with Crippen molar-refractivity contribution in [2.75, 3.05) is 18.8 Å². The molecule has 1 fully saturated rings. The summed E-state index contributed by atoms with van der Waals surface area (Å²) in [6.45, 7) is 0.354. The van der Waals surface area contributed by atoms with Crippen LogP contribution in [0.25, 0.3) is 0 Å². The van der Waals surface area contributed by atoms with Crippen molar-refractivity contribution in [1.82, 2.24) is 10.2 Å². The highest BCUT2D eigenvalue weighted by atomic mass is 32.2. The molecule has 90 valence electrons. The van der Waals surface area contributed by atoms with Gasteiger partial charge in [-0.25, -0.2) is 9.18 Å². The second-order valence-electron chi connectivity index (χ2n) is 3.48. The minimum Gasteiger partial charge on any atom is -0.329 e. The maximum absolute atomic E-state index is 13.3. The summed E-state index contributed by atoms with van der Waals surface area (Å²) in [4.78, 5) is 24.1. The molecule has 2 rings (SSSR count). The van der Waals surface area contributed by atoms with Gasteiger partial charge in [0, 0.05) is 17.2 Å². The van der Waals surface area contributed by atoms with Gasteiger partial charge >= 0.3 is 6.03 Å². The van der Waals surface area contributed by atoms with Crippen LogP contribution in [0.4, 0.5) is 9.18 Å². The Morgan fingerprint density at radius 3 is 2.76 bits per heavy atom. The standard InChI is InChI=1S/C11H11FN2O2S/c12-8-3-1-2-4-9(8)17-6-5-14-10(15)7-13-11(14)16/h1-4H,5-7H2,(H,13,16). The van der Waals surface area contributed by atoms with Crippen LogP contribution in [0.2, 0.25) is 0 Å². The van der Waals surface area contributed by atoms with E-state index in [0.717, 1.165) is 4.90 Å². The molecule has 0 spiro atoms. The molecule has 4 nitrogen and oxygen atoms in total. The van der Waals surface area contributed by atoms with Crippen molar-refractivity contribution in [2.24, 2.45) is 0 Å². The van der Waals surface area contributed by atoms with E-state index in [1.54, 1.807) is 18.2 Å². The molecule has 3 amide bonds. The van der Waals surface area contributed by atoms with Crippen molar-refractivity contribution in [2.45, 2.75) is 4.90 Å². The number of nitrogens with zero attached hydrogens (tertiary/aromatic N) is 1. The Hall–Kier alpha value is -1.56. The van der Waals surface area contributed by atoms with E-state index < -0.39 is 0 Å².